The van der Waals surface area contributed by atoms with Gasteiger partial charge in [-0.1, -0.05) is 0 Å². The van der Waals surface area contributed by atoms with Gasteiger partial charge in [0.2, 0.25) is 0 Å². The van der Waals surface area contributed by atoms with Gasteiger partial charge in [-0.15, -0.1) is 0 Å². The molecule has 0 saturated heterocycles. The van der Waals surface area contributed by atoms with E-state index in [4.69, 9.17) is 34.3 Å². The normalized spacial score (nSPS) is 9.50. The molecule has 8 heteroatoms. The third-order valence-corrected chi connectivity index (χ3v) is 1.39. The molecule has 18 heavy (non-hydrogen) atoms. The first-order valence-corrected chi connectivity index (χ1v) is 5.40. The first kappa shape index (κ1) is 19.4. The molecule has 0 bridgehead atoms. The van der Waals surface area contributed by atoms with Crippen LogP contribution in [0.25, 0.3) is 0 Å². The molecule has 0 aliphatic rings. The summed E-state index contributed by atoms with van der Waals surface area (Å²) in [6.45, 7) is 2.76. The smallest absolute Gasteiger partial charge is 0.450 e. The van der Waals surface area contributed by atoms with Crippen LogP contribution in [0.3, 0.4) is 0 Å². The van der Waals surface area contributed by atoms with Crippen molar-refractivity contribution in [3.8, 4) is 0 Å². The molecule has 0 unspecified atom stereocenters. The van der Waals surface area contributed by atoms with E-state index in [0.717, 1.165) is 7.11 Å². The van der Waals surface area contributed by atoms with Gasteiger partial charge in [-0.2, -0.15) is 0 Å². The molecule has 3 N–H and O–H groups in total. The summed E-state index contributed by atoms with van der Waals surface area (Å²) in [5.41, 5.74) is 0. The number of hydrogen-bond donors (Lipinski definition) is 3. The Morgan fingerprint density at radius 1 is 0.833 bits per heavy atom. The minimum Gasteiger partial charge on any atom is -0.450 e. The van der Waals surface area contributed by atoms with Crippen LogP contribution in [0.4, 0.5) is 4.79 Å². The first-order valence-electron chi connectivity index (χ1n) is 5.40. The van der Waals surface area contributed by atoms with Crippen molar-refractivity contribution in [2.24, 2.45) is 0 Å². The Bertz CT molecular complexity index is 154. The van der Waals surface area contributed by atoms with Crippen molar-refractivity contribution < 1.29 is 39.1 Å². The molecule has 110 valence electrons. The van der Waals surface area contributed by atoms with Gasteiger partial charge in [-0.25, -0.2) is 4.79 Å². The van der Waals surface area contributed by atoms with Crippen molar-refractivity contribution >= 4 is 6.16 Å². The second kappa shape index (κ2) is 18.4. The molecule has 0 aromatic carbocycles. The number of carbonyl (C=O) groups is 1. The van der Waals surface area contributed by atoms with Gasteiger partial charge in [0.1, 0.15) is 0 Å². The number of rotatable bonds is 10. The average Bonchev–Trinajstić information content (AvgIpc) is 2.37. The van der Waals surface area contributed by atoms with Gasteiger partial charge in [0, 0.05) is 0 Å². The zero-order valence-corrected chi connectivity index (χ0v) is 10.5. The third-order valence-electron chi connectivity index (χ3n) is 1.39. The molecule has 0 saturated carbocycles. The number of methoxy groups -OCH3 is 1. The van der Waals surface area contributed by atoms with Gasteiger partial charge in [0.25, 0.3) is 0 Å². The lowest BCUT2D eigenvalue weighted by atomic mass is 10.7. The van der Waals surface area contributed by atoms with Gasteiger partial charge in [-0.05, 0) is 0 Å². The minimum atomic E-state index is -1.25. The van der Waals surface area contributed by atoms with Crippen molar-refractivity contribution in [2.45, 2.75) is 0 Å². The van der Waals surface area contributed by atoms with Crippen molar-refractivity contribution in [1.29, 1.82) is 0 Å². The van der Waals surface area contributed by atoms with Crippen molar-refractivity contribution in [2.75, 3.05) is 60.0 Å². The van der Waals surface area contributed by atoms with Gasteiger partial charge >= 0.3 is 6.16 Å². The Morgan fingerprint density at radius 2 is 1.11 bits per heavy atom. The lowest BCUT2D eigenvalue weighted by Crippen LogP contribution is -2.11. The summed E-state index contributed by atoms with van der Waals surface area (Å²) in [5, 5.41) is 24.2. The first-order chi connectivity index (χ1) is 8.68. The minimum absolute atomic E-state index is 0.0413. The van der Waals surface area contributed by atoms with Crippen LogP contribution in [0.15, 0.2) is 0 Å². The molecule has 0 atom stereocenters. The number of aliphatic hydroxyl groups is 2. The molecule has 8 nitrogen and oxygen atoms in total. The molecule has 0 aromatic heterocycles. The maximum Gasteiger partial charge on any atom is 0.505 e. The molecule has 0 aliphatic carbocycles. The van der Waals surface area contributed by atoms with Crippen LogP contribution in [-0.4, -0.2) is 81.4 Å². The summed E-state index contributed by atoms with van der Waals surface area (Å²) >= 11 is 0. The Labute approximate surface area is 106 Å². The fourth-order valence-corrected chi connectivity index (χ4v) is 0.671. The van der Waals surface area contributed by atoms with Crippen LogP contribution in [0.5, 0.6) is 0 Å². The summed E-state index contributed by atoms with van der Waals surface area (Å²) in [4.78, 5) is 9.15. The monoisotopic (exact) mass is 270 g/mol. The van der Waals surface area contributed by atoms with E-state index in [2.05, 4.69) is 4.74 Å². The van der Waals surface area contributed by atoms with Crippen LogP contribution in [0, 0.1) is 0 Å². The van der Waals surface area contributed by atoms with E-state index in [1.54, 1.807) is 0 Å². The molecular weight excluding hydrogens is 248 g/mol. The predicted octanol–water partition coefficient (Wildman–Crippen LogP) is -0.668. The average molecular weight is 270 g/mol. The second-order valence-corrected chi connectivity index (χ2v) is 2.75. The fourth-order valence-electron chi connectivity index (χ4n) is 0.671. The van der Waals surface area contributed by atoms with Gasteiger partial charge in [0.05, 0.1) is 60.0 Å². The third kappa shape index (κ3) is 24.3. The largest absolute Gasteiger partial charge is 0.505 e. The lowest BCUT2D eigenvalue weighted by Gasteiger charge is -2.04. The van der Waals surface area contributed by atoms with Crippen LogP contribution in [0.1, 0.15) is 0 Å². The molecular formula is C10H22O8. The molecule has 0 heterocycles. The molecule has 0 fully saturated rings. The summed E-state index contributed by atoms with van der Waals surface area (Å²) in [6.07, 6.45) is -1.25. The molecule has 0 rings (SSSR count). The van der Waals surface area contributed by atoms with Crippen LogP contribution in [-0.2, 0) is 18.9 Å². The standard InChI is InChI=1S/C8H18O5.C2H4O3/c9-1-3-11-5-7-13-8-6-12-4-2-10;1-5-2(3)4/h9-10H,1-8H2;1H3,(H,3,4). The fraction of sp³-hybridized carbons (Fsp3) is 0.900. The van der Waals surface area contributed by atoms with Crippen molar-refractivity contribution in [3.63, 3.8) is 0 Å². The molecule has 0 aliphatic heterocycles. The highest BCUT2D eigenvalue weighted by Crippen LogP contribution is 1.80. The maximum absolute atomic E-state index is 9.15. The van der Waals surface area contributed by atoms with Crippen LogP contribution < -0.4 is 0 Å². The van der Waals surface area contributed by atoms with E-state index in [1.807, 2.05) is 0 Å². The zero-order valence-electron chi connectivity index (χ0n) is 10.5. The van der Waals surface area contributed by atoms with E-state index in [9.17, 15) is 0 Å². The highest BCUT2D eigenvalue weighted by atomic mass is 16.6. The Balaban J connectivity index is 0. The van der Waals surface area contributed by atoms with E-state index in [0.29, 0.717) is 39.6 Å². The van der Waals surface area contributed by atoms with Gasteiger partial charge in [0.15, 0.2) is 0 Å². The van der Waals surface area contributed by atoms with Crippen molar-refractivity contribution in [3.05, 3.63) is 0 Å². The maximum atomic E-state index is 9.15. The highest BCUT2D eigenvalue weighted by molar-refractivity contribution is 5.56. The number of aliphatic hydroxyl groups excluding tert-OH is 2. The SMILES string of the molecule is COC(=O)O.OCCOCCOCCOCCO. The molecule has 0 radical (unpaired) electrons. The summed E-state index contributed by atoms with van der Waals surface area (Å²) in [5.74, 6) is 0. The quantitative estimate of drug-likeness (QED) is 0.354. The van der Waals surface area contributed by atoms with Crippen LogP contribution in [0.2, 0.25) is 0 Å². The number of ether oxygens (including phenoxy) is 4. The Hall–Kier alpha value is -0.930. The highest BCUT2D eigenvalue weighted by Gasteiger charge is 1.89. The zero-order chi connectivity index (χ0) is 14.1. The van der Waals surface area contributed by atoms with Gasteiger partial charge in [-0.3, -0.25) is 0 Å². The Kier molecular flexibility index (Phi) is 19.9. The molecule has 0 amide bonds. The van der Waals surface area contributed by atoms with E-state index >= 15 is 0 Å². The second-order valence-electron chi connectivity index (χ2n) is 2.75. The van der Waals surface area contributed by atoms with Crippen LogP contribution >= 0.6 is 0 Å². The lowest BCUT2D eigenvalue weighted by molar-refractivity contribution is 0.00230. The Morgan fingerprint density at radius 3 is 1.33 bits per heavy atom. The summed E-state index contributed by atoms with van der Waals surface area (Å²) in [6, 6.07) is 0. The predicted molar refractivity (Wildman–Crippen MR) is 61.7 cm³/mol. The summed E-state index contributed by atoms with van der Waals surface area (Å²) < 4.78 is 18.7. The molecule has 0 spiro atoms. The van der Waals surface area contributed by atoms with E-state index in [-0.39, 0.29) is 13.2 Å². The molecule has 0 aromatic rings. The topological polar surface area (TPSA) is 115 Å². The number of hydrogen-bond acceptors (Lipinski definition) is 7. The number of carboxylic acid groups (broad SMARTS) is 1. The van der Waals surface area contributed by atoms with E-state index in [1.165, 1.54) is 0 Å². The summed E-state index contributed by atoms with van der Waals surface area (Å²) in [7, 11) is 1.10. The van der Waals surface area contributed by atoms with Gasteiger partial charge < -0.3 is 34.3 Å². The van der Waals surface area contributed by atoms with E-state index < -0.39 is 6.16 Å². The van der Waals surface area contributed by atoms with Crippen molar-refractivity contribution in [1.82, 2.24) is 0 Å².